The van der Waals surface area contributed by atoms with Crippen LogP contribution in [0.4, 0.5) is 10.1 Å². The number of carbonyl (C=O) groups excluding carboxylic acids is 1. The summed E-state index contributed by atoms with van der Waals surface area (Å²) < 4.78 is 39.0. The summed E-state index contributed by atoms with van der Waals surface area (Å²) in [5.74, 6) is -0.418. The Morgan fingerprint density at radius 2 is 1.59 bits per heavy atom. The lowest BCUT2D eigenvalue weighted by Gasteiger charge is -2.34. The Hall–Kier alpha value is -2.45. The van der Waals surface area contributed by atoms with Crippen molar-refractivity contribution in [3.8, 4) is 0 Å². The van der Waals surface area contributed by atoms with E-state index in [1.165, 1.54) is 16.4 Å². The molecule has 0 radical (unpaired) electrons. The number of benzene rings is 2. The molecular weight excluding hydrogens is 393 g/mol. The van der Waals surface area contributed by atoms with Gasteiger partial charge in [0.05, 0.1) is 18.5 Å². The van der Waals surface area contributed by atoms with E-state index in [-0.39, 0.29) is 18.3 Å². The number of rotatable bonds is 6. The van der Waals surface area contributed by atoms with E-state index in [1.54, 1.807) is 36.4 Å². The van der Waals surface area contributed by atoms with E-state index in [2.05, 4.69) is 11.8 Å². The van der Waals surface area contributed by atoms with Gasteiger partial charge in [0.15, 0.2) is 0 Å². The summed E-state index contributed by atoms with van der Waals surface area (Å²) in [4.78, 5) is 16.9. The topological polar surface area (TPSA) is 60.9 Å². The second-order valence-electron chi connectivity index (χ2n) is 7.17. The molecule has 1 amide bonds. The zero-order valence-electron chi connectivity index (χ0n) is 16.7. The molecule has 0 spiro atoms. The van der Waals surface area contributed by atoms with E-state index in [4.69, 9.17) is 0 Å². The van der Waals surface area contributed by atoms with Crippen LogP contribution in [0.15, 0.2) is 48.5 Å². The molecule has 0 aliphatic carbocycles. The predicted molar refractivity (Wildman–Crippen MR) is 112 cm³/mol. The van der Waals surface area contributed by atoms with Crippen molar-refractivity contribution >= 4 is 21.6 Å². The van der Waals surface area contributed by atoms with E-state index in [0.717, 1.165) is 25.9 Å². The van der Waals surface area contributed by atoms with Crippen LogP contribution < -0.4 is 4.31 Å². The Bertz CT molecular complexity index is 938. The molecule has 29 heavy (non-hydrogen) atoms. The lowest BCUT2D eigenvalue weighted by Crippen LogP contribution is -2.48. The molecule has 0 bridgehead atoms. The summed E-state index contributed by atoms with van der Waals surface area (Å²) in [6.07, 6.45) is 1.13. The first kappa shape index (κ1) is 21.3. The van der Waals surface area contributed by atoms with Crippen molar-refractivity contribution in [1.29, 1.82) is 0 Å². The van der Waals surface area contributed by atoms with Crippen LogP contribution in [0.5, 0.6) is 0 Å². The average Bonchev–Trinajstić information content (AvgIpc) is 2.72. The van der Waals surface area contributed by atoms with Gasteiger partial charge in [0.25, 0.3) is 5.91 Å². The molecule has 0 saturated carbocycles. The fourth-order valence-corrected chi connectivity index (χ4v) is 4.26. The molecule has 6 nitrogen and oxygen atoms in total. The highest BCUT2D eigenvalue weighted by molar-refractivity contribution is 7.92. The van der Waals surface area contributed by atoms with Crippen LogP contribution in [0, 0.1) is 5.82 Å². The van der Waals surface area contributed by atoms with E-state index in [9.17, 15) is 17.6 Å². The van der Waals surface area contributed by atoms with Crippen LogP contribution in [0.2, 0.25) is 0 Å². The Labute approximate surface area is 171 Å². The van der Waals surface area contributed by atoms with Crippen LogP contribution >= 0.6 is 0 Å². The van der Waals surface area contributed by atoms with Gasteiger partial charge in [0, 0.05) is 31.7 Å². The van der Waals surface area contributed by atoms with Gasteiger partial charge in [-0.05, 0) is 48.5 Å². The minimum Gasteiger partial charge on any atom is -0.336 e. The summed E-state index contributed by atoms with van der Waals surface area (Å²) in [5.41, 5.74) is 1.67. The summed E-state index contributed by atoms with van der Waals surface area (Å²) in [6, 6.07) is 12.3. The Morgan fingerprint density at radius 3 is 2.10 bits per heavy atom. The Balaban J connectivity index is 1.75. The number of sulfonamides is 1. The smallest absolute Gasteiger partial charge is 0.253 e. The van der Waals surface area contributed by atoms with E-state index < -0.39 is 10.0 Å². The van der Waals surface area contributed by atoms with Gasteiger partial charge in [-0.2, -0.15) is 0 Å². The average molecular weight is 420 g/mol. The van der Waals surface area contributed by atoms with E-state index >= 15 is 0 Å². The lowest BCUT2D eigenvalue weighted by molar-refractivity contribution is 0.0643. The zero-order valence-corrected chi connectivity index (χ0v) is 17.5. The standard InChI is InChI=1S/C21H26FN3O3S/c1-3-23-12-14-24(15-13-23)21(26)18-6-10-20(11-7-18)25(29(2,27)28)16-17-4-8-19(22)9-5-17/h4-11H,3,12-16H2,1-2H3. The fourth-order valence-electron chi connectivity index (χ4n) is 3.38. The van der Waals surface area contributed by atoms with Gasteiger partial charge >= 0.3 is 0 Å². The van der Waals surface area contributed by atoms with Gasteiger partial charge in [-0.1, -0.05) is 19.1 Å². The van der Waals surface area contributed by atoms with Gasteiger partial charge in [-0.3, -0.25) is 9.10 Å². The monoisotopic (exact) mass is 419 g/mol. The van der Waals surface area contributed by atoms with Crippen molar-refractivity contribution in [1.82, 2.24) is 9.80 Å². The second kappa shape index (κ2) is 8.92. The minimum atomic E-state index is -3.55. The first-order chi connectivity index (χ1) is 13.8. The number of nitrogens with zero attached hydrogens (tertiary/aromatic N) is 3. The van der Waals surface area contributed by atoms with E-state index in [0.29, 0.717) is 29.9 Å². The molecule has 3 rings (SSSR count). The van der Waals surface area contributed by atoms with E-state index in [1.807, 2.05) is 4.90 Å². The molecular formula is C21H26FN3O3S. The number of hydrogen-bond donors (Lipinski definition) is 0. The Kier molecular flexibility index (Phi) is 6.54. The molecule has 1 aliphatic rings. The van der Waals surface area contributed by atoms with Gasteiger partial charge in [-0.15, -0.1) is 0 Å². The molecule has 1 saturated heterocycles. The largest absolute Gasteiger partial charge is 0.336 e. The van der Waals surface area contributed by atoms with Gasteiger partial charge < -0.3 is 9.80 Å². The molecule has 1 heterocycles. The van der Waals surface area contributed by atoms with Crippen molar-refractivity contribution in [3.05, 3.63) is 65.5 Å². The van der Waals surface area contributed by atoms with Gasteiger partial charge in [0.1, 0.15) is 5.82 Å². The van der Waals surface area contributed by atoms with Crippen molar-refractivity contribution in [3.63, 3.8) is 0 Å². The molecule has 0 unspecified atom stereocenters. The number of carbonyl (C=O) groups is 1. The van der Waals surface area contributed by atoms with Crippen LogP contribution in [0.25, 0.3) is 0 Å². The number of likely N-dealkylation sites (N-methyl/N-ethyl adjacent to an activating group) is 1. The highest BCUT2D eigenvalue weighted by Crippen LogP contribution is 2.22. The molecule has 0 atom stereocenters. The fraction of sp³-hybridized carbons (Fsp3) is 0.381. The highest BCUT2D eigenvalue weighted by atomic mass is 32.2. The zero-order chi connectivity index (χ0) is 21.0. The van der Waals surface area contributed by atoms with Crippen LogP contribution in [-0.2, 0) is 16.6 Å². The quantitative estimate of drug-likeness (QED) is 0.722. The maximum Gasteiger partial charge on any atom is 0.253 e. The lowest BCUT2D eigenvalue weighted by atomic mass is 10.1. The van der Waals surface area contributed by atoms with Crippen molar-refractivity contribution < 1.29 is 17.6 Å². The van der Waals surface area contributed by atoms with Crippen molar-refractivity contribution in [2.45, 2.75) is 13.5 Å². The van der Waals surface area contributed by atoms with Crippen LogP contribution in [0.1, 0.15) is 22.8 Å². The van der Waals surface area contributed by atoms with Gasteiger partial charge in [-0.25, -0.2) is 12.8 Å². The molecule has 2 aromatic carbocycles. The maximum absolute atomic E-state index is 13.1. The van der Waals surface area contributed by atoms with Gasteiger partial charge in [0.2, 0.25) is 10.0 Å². The molecule has 8 heteroatoms. The second-order valence-corrected chi connectivity index (χ2v) is 9.08. The SMILES string of the molecule is CCN1CCN(C(=O)c2ccc(N(Cc3ccc(F)cc3)S(C)(=O)=O)cc2)CC1. The summed E-state index contributed by atoms with van der Waals surface area (Å²) in [6.45, 7) is 6.27. The highest BCUT2D eigenvalue weighted by Gasteiger charge is 2.22. The normalized spacial score (nSPS) is 15.3. The Morgan fingerprint density at radius 1 is 1.00 bits per heavy atom. The molecule has 0 N–H and O–H groups in total. The molecule has 1 fully saturated rings. The predicted octanol–water partition coefficient (Wildman–Crippen LogP) is 2.57. The molecule has 2 aromatic rings. The minimum absolute atomic E-state index is 0.0447. The molecule has 0 aromatic heterocycles. The van der Waals surface area contributed by atoms with Crippen molar-refractivity contribution in [2.24, 2.45) is 0 Å². The number of piperazine rings is 1. The first-order valence-corrected chi connectivity index (χ1v) is 11.5. The first-order valence-electron chi connectivity index (χ1n) is 9.62. The number of halogens is 1. The number of amides is 1. The summed E-state index contributed by atoms with van der Waals surface area (Å²) in [5, 5.41) is 0. The van der Waals surface area contributed by atoms with Crippen LogP contribution in [-0.4, -0.2) is 63.1 Å². The molecule has 1 aliphatic heterocycles. The molecule has 156 valence electrons. The third-order valence-electron chi connectivity index (χ3n) is 5.15. The third kappa shape index (κ3) is 5.33. The van der Waals surface area contributed by atoms with Crippen LogP contribution in [0.3, 0.4) is 0 Å². The third-order valence-corrected chi connectivity index (χ3v) is 6.29. The summed E-state index contributed by atoms with van der Waals surface area (Å²) in [7, 11) is -3.55. The maximum atomic E-state index is 13.1. The van der Waals surface area contributed by atoms with Crippen molar-refractivity contribution in [2.75, 3.05) is 43.3 Å². The number of hydrogen-bond acceptors (Lipinski definition) is 4. The summed E-state index contributed by atoms with van der Waals surface area (Å²) >= 11 is 0. The number of anilines is 1.